The summed E-state index contributed by atoms with van der Waals surface area (Å²) in [6.07, 6.45) is 3.40. The molecule has 0 aliphatic carbocycles. The molecule has 1 aliphatic heterocycles. The Morgan fingerprint density at radius 2 is 1.70 bits per heavy atom. The number of methoxy groups -OCH3 is 1. The second kappa shape index (κ2) is 10.00. The zero-order valence-corrected chi connectivity index (χ0v) is 13.0. The second-order valence-corrected chi connectivity index (χ2v) is 5.43. The van der Waals surface area contributed by atoms with Crippen molar-refractivity contribution in [1.82, 2.24) is 9.80 Å². The lowest BCUT2D eigenvalue weighted by atomic mass is 10.1. The summed E-state index contributed by atoms with van der Waals surface area (Å²) in [5.74, 6) is 0.691. The average Bonchev–Trinajstić information content (AvgIpc) is 2.49. The van der Waals surface area contributed by atoms with Gasteiger partial charge in [-0.2, -0.15) is 0 Å². The molecular formula is C14H25ClN2O3. The van der Waals surface area contributed by atoms with Crippen LogP contribution in [0.25, 0.3) is 0 Å². The van der Waals surface area contributed by atoms with Crippen LogP contribution in [0, 0.1) is 0 Å². The van der Waals surface area contributed by atoms with Crippen molar-refractivity contribution in [3.63, 3.8) is 0 Å². The van der Waals surface area contributed by atoms with Crippen LogP contribution in [-0.4, -0.2) is 67.4 Å². The third-order valence-corrected chi connectivity index (χ3v) is 3.85. The van der Waals surface area contributed by atoms with Gasteiger partial charge in [-0.3, -0.25) is 14.5 Å². The molecule has 0 spiro atoms. The van der Waals surface area contributed by atoms with Crippen LogP contribution in [0.2, 0.25) is 0 Å². The van der Waals surface area contributed by atoms with Crippen molar-refractivity contribution in [2.45, 2.75) is 32.1 Å². The average molecular weight is 305 g/mol. The molecule has 116 valence electrons. The van der Waals surface area contributed by atoms with Crippen LogP contribution in [0.15, 0.2) is 0 Å². The Hall–Kier alpha value is -0.810. The van der Waals surface area contributed by atoms with Gasteiger partial charge in [0.15, 0.2) is 0 Å². The molecule has 0 saturated carbocycles. The minimum Gasteiger partial charge on any atom is -0.469 e. The molecule has 0 unspecified atom stereocenters. The molecule has 0 aromatic heterocycles. The second-order valence-electron chi connectivity index (χ2n) is 5.05. The molecule has 6 heteroatoms. The first kappa shape index (κ1) is 17.2. The summed E-state index contributed by atoms with van der Waals surface area (Å²) in [5, 5.41) is 0. The first-order valence-corrected chi connectivity index (χ1v) is 7.83. The Balaban J connectivity index is 2.11. The highest BCUT2D eigenvalue weighted by Crippen LogP contribution is 2.08. The van der Waals surface area contributed by atoms with E-state index in [0.29, 0.717) is 25.1 Å². The Morgan fingerprint density at radius 1 is 1.05 bits per heavy atom. The molecule has 1 aliphatic rings. The standard InChI is InChI=1S/C14H25ClN2O3/c1-20-14(19)6-3-2-5-13(18)17-11-9-16(10-12-17)8-4-7-15/h2-12H2,1H3. The molecule has 1 rings (SSSR count). The molecular weight excluding hydrogens is 280 g/mol. The number of halogens is 1. The van der Waals surface area contributed by atoms with Gasteiger partial charge >= 0.3 is 5.97 Å². The van der Waals surface area contributed by atoms with Gasteiger partial charge in [0.05, 0.1) is 7.11 Å². The van der Waals surface area contributed by atoms with Gasteiger partial charge in [0.25, 0.3) is 0 Å². The number of hydrogen-bond acceptors (Lipinski definition) is 4. The van der Waals surface area contributed by atoms with Gasteiger partial charge in [0.1, 0.15) is 0 Å². The largest absolute Gasteiger partial charge is 0.469 e. The molecule has 0 radical (unpaired) electrons. The van der Waals surface area contributed by atoms with Crippen LogP contribution in [0.1, 0.15) is 32.1 Å². The van der Waals surface area contributed by atoms with Gasteiger partial charge in [-0.25, -0.2) is 0 Å². The number of unbranched alkanes of at least 4 members (excludes halogenated alkanes) is 1. The van der Waals surface area contributed by atoms with Gasteiger partial charge in [-0.15, -0.1) is 11.6 Å². The van der Waals surface area contributed by atoms with Crippen molar-refractivity contribution in [3.05, 3.63) is 0 Å². The van der Waals surface area contributed by atoms with E-state index in [1.54, 1.807) is 0 Å². The lowest BCUT2D eigenvalue weighted by Crippen LogP contribution is -2.48. The van der Waals surface area contributed by atoms with Crippen LogP contribution in [0.3, 0.4) is 0 Å². The summed E-state index contributed by atoms with van der Waals surface area (Å²) in [6, 6.07) is 0. The minimum atomic E-state index is -0.203. The van der Waals surface area contributed by atoms with Crippen molar-refractivity contribution < 1.29 is 14.3 Å². The summed E-state index contributed by atoms with van der Waals surface area (Å²) in [4.78, 5) is 27.2. The van der Waals surface area contributed by atoms with E-state index < -0.39 is 0 Å². The fourth-order valence-corrected chi connectivity index (χ4v) is 2.43. The molecule has 1 amide bonds. The highest BCUT2D eigenvalue weighted by molar-refractivity contribution is 6.17. The molecule has 1 fully saturated rings. The maximum absolute atomic E-state index is 12.0. The van der Waals surface area contributed by atoms with Crippen molar-refractivity contribution in [1.29, 1.82) is 0 Å². The quantitative estimate of drug-likeness (QED) is 0.387. The summed E-state index contributed by atoms with van der Waals surface area (Å²) >= 11 is 5.68. The number of esters is 1. The number of rotatable bonds is 8. The first-order chi connectivity index (χ1) is 9.67. The summed E-state index contributed by atoms with van der Waals surface area (Å²) in [6.45, 7) is 4.50. The highest BCUT2D eigenvalue weighted by Gasteiger charge is 2.20. The molecule has 0 N–H and O–H groups in total. The van der Waals surface area contributed by atoms with E-state index in [2.05, 4.69) is 9.64 Å². The monoisotopic (exact) mass is 304 g/mol. The zero-order valence-electron chi connectivity index (χ0n) is 12.3. The van der Waals surface area contributed by atoms with Gasteiger partial charge in [0.2, 0.25) is 5.91 Å². The van der Waals surface area contributed by atoms with Crippen LogP contribution in [0.4, 0.5) is 0 Å². The molecule has 1 saturated heterocycles. The number of hydrogen-bond donors (Lipinski definition) is 0. The Morgan fingerprint density at radius 3 is 2.30 bits per heavy atom. The smallest absolute Gasteiger partial charge is 0.305 e. The minimum absolute atomic E-state index is 0.201. The molecule has 1 heterocycles. The number of carbonyl (C=O) groups excluding carboxylic acids is 2. The first-order valence-electron chi connectivity index (χ1n) is 7.30. The molecule has 0 atom stereocenters. The summed E-state index contributed by atoms with van der Waals surface area (Å²) in [5.41, 5.74) is 0. The number of nitrogens with zero attached hydrogens (tertiary/aromatic N) is 2. The number of alkyl halides is 1. The van der Waals surface area contributed by atoms with E-state index in [1.807, 2.05) is 4.90 Å². The third kappa shape index (κ3) is 6.57. The van der Waals surface area contributed by atoms with Crippen LogP contribution >= 0.6 is 11.6 Å². The van der Waals surface area contributed by atoms with E-state index in [0.717, 1.165) is 45.6 Å². The Kier molecular flexibility index (Phi) is 8.62. The van der Waals surface area contributed by atoms with Crippen LogP contribution in [0.5, 0.6) is 0 Å². The van der Waals surface area contributed by atoms with E-state index in [-0.39, 0.29) is 11.9 Å². The topological polar surface area (TPSA) is 49.9 Å². The van der Waals surface area contributed by atoms with Gasteiger partial charge in [0, 0.05) is 44.9 Å². The summed E-state index contributed by atoms with van der Waals surface area (Å²) in [7, 11) is 1.39. The number of piperazine rings is 1. The number of ether oxygens (including phenoxy) is 1. The van der Waals surface area contributed by atoms with Crippen LogP contribution < -0.4 is 0 Å². The van der Waals surface area contributed by atoms with Gasteiger partial charge in [-0.05, 0) is 25.8 Å². The zero-order chi connectivity index (χ0) is 14.8. The molecule has 5 nitrogen and oxygen atoms in total. The molecule has 0 aromatic rings. The van der Waals surface area contributed by atoms with E-state index in [4.69, 9.17) is 11.6 Å². The fraction of sp³-hybridized carbons (Fsp3) is 0.857. The third-order valence-electron chi connectivity index (χ3n) is 3.58. The van der Waals surface area contributed by atoms with Gasteiger partial charge in [-0.1, -0.05) is 0 Å². The van der Waals surface area contributed by atoms with Crippen molar-refractivity contribution >= 4 is 23.5 Å². The van der Waals surface area contributed by atoms with Gasteiger partial charge < -0.3 is 9.64 Å². The molecule has 20 heavy (non-hydrogen) atoms. The highest BCUT2D eigenvalue weighted by atomic mass is 35.5. The van der Waals surface area contributed by atoms with Crippen LogP contribution in [-0.2, 0) is 14.3 Å². The fourth-order valence-electron chi connectivity index (χ4n) is 2.31. The Bertz CT molecular complexity index is 305. The normalized spacial score (nSPS) is 16.2. The van der Waals surface area contributed by atoms with E-state index in [1.165, 1.54) is 7.11 Å². The van der Waals surface area contributed by atoms with Crippen molar-refractivity contribution in [2.75, 3.05) is 45.7 Å². The van der Waals surface area contributed by atoms with Crippen molar-refractivity contribution in [3.8, 4) is 0 Å². The maximum atomic E-state index is 12.0. The lowest BCUT2D eigenvalue weighted by Gasteiger charge is -2.34. The molecule has 0 bridgehead atoms. The number of carbonyl (C=O) groups is 2. The lowest BCUT2D eigenvalue weighted by molar-refractivity contribution is -0.141. The predicted molar refractivity (Wildman–Crippen MR) is 78.8 cm³/mol. The molecule has 0 aromatic carbocycles. The predicted octanol–water partition coefficient (Wildman–Crippen LogP) is 1.49. The summed E-state index contributed by atoms with van der Waals surface area (Å²) < 4.78 is 4.57. The van der Waals surface area contributed by atoms with Crippen molar-refractivity contribution in [2.24, 2.45) is 0 Å². The van der Waals surface area contributed by atoms with E-state index in [9.17, 15) is 9.59 Å². The number of amides is 1. The SMILES string of the molecule is COC(=O)CCCCC(=O)N1CCN(CCCCl)CC1. The maximum Gasteiger partial charge on any atom is 0.305 e. The van der Waals surface area contributed by atoms with E-state index >= 15 is 0 Å². The Labute approximate surface area is 126 Å².